The molecule has 0 unspecified atom stereocenters. The van der Waals surface area contributed by atoms with E-state index in [1.807, 2.05) is 12.1 Å². The second-order valence-electron chi connectivity index (χ2n) is 4.86. The van der Waals surface area contributed by atoms with Crippen molar-refractivity contribution < 1.29 is 4.39 Å². The Bertz CT molecular complexity index is 551. The van der Waals surface area contributed by atoms with E-state index in [9.17, 15) is 4.39 Å². The van der Waals surface area contributed by atoms with Crippen LogP contribution in [0.25, 0.3) is 0 Å². The van der Waals surface area contributed by atoms with Crippen molar-refractivity contribution in [2.45, 2.75) is 30.8 Å². The maximum Gasteiger partial charge on any atom is 0.146 e. The third-order valence-corrected chi connectivity index (χ3v) is 4.88. The van der Waals surface area contributed by atoms with Crippen LogP contribution in [0.4, 0.5) is 10.1 Å². The van der Waals surface area contributed by atoms with Crippen molar-refractivity contribution in [1.29, 1.82) is 0 Å². The molecule has 1 aromatic carbocycles. The van der Waals surface area contributed by atoms with Crippen LogP contribution in [-0.4, -0.2) is 6.04 Å². The zero-order valence-corrected chi connectivity index (χ0v) is 12.9. The number of halogens is 2. The Hall–Kier alpha value is -0.870. The third kappa shape index (κ3) is 3.00. The van der Waals surface area contributed by atoms with E-state index in [4.69, 9.17) is 0 Å². The topological polar surface area (TPSA) is 3.24 Å². The molecular weight excluding hydrogens is 325 g/mol. The molecule has 1 aromatic heterocycles. The number of hydrogen-bond acceptors (Lipinski definition) is 2. The van der Waals surface area contributed by atoms with Crippen LogP contribution in [0, 0.1) is 5.82 Å². The average molecular weight is 340 g/mol. The summed E-state index contributed by atoms with van der Waals surface area (Å²) in [7, 11) is 0. The van der Waals surface area contributed by atoms with Gasteiger partial charge in [0.15, 0.2) is 0 Å². The van der Waals surface area contributed by atoms with Crippen LogP contribution >= 0.6 is 27.3 Å². The van der Waals surface area contributed by atoms with Crippen LogP contribution in [0.15, 0.2) is 35.7 Å². The molecule has 1 heterocycles. The molecule has 1 fully saturated rings. The monoisotopic (exact) mass is 339 g/mol. The zero-order chi connectivity index (χ0) is 13.2. The lowest BCUT2D eigenvalue weighted by Gasteiger charge is -2.25. The van der Waals surface area contributed by atoms with E-state index in [1.165, 1.54) is 17.7 Å². The standard InChI is InChI=1S/C15H15BrFNS/c16-9-11-3-6-15(14(17)8-11)18(12-4-5-12)10-13-2-1-7-19-13/h1-3,6-8,12H,4-5,9-10H2. The van der Waals surface area contributed by atoms with E-state index < -0.39 is 0 Å². The van der Waals surface area contributed by atoms with E-state index in [1.54, 1.807) is 17.4 Å². The first kappa shape index (κ1) is 13.1. The van der Waals surface area contributed by atoms with Crippen LogP contribution in [0.3, 0.4) is 0 Å². The van der Waals surface area contributed by atoms with Crippen LogP contribution in [-0.2, 0) is 11.9 Å². The Morgan fingerprint density at radius 2 is 2.16 bits per heavy atom. The Balaban J connectivity index is 1.87. The molecule has 1 aliphatic rings. The number of alkyl halides is 1. The molecular formula is C15H15BrFNS. The highest BCUT2D eigenvalue weighted by atomic mass is 79.9. The largest absolute Gasteiger partial charge is 0.361 e. The lowest BCUT2D eigenvalue weighted by molar-refractivity contribution is 0.614. The predicted molar refractivity (Wildman–Crippen MR) is 82.6 cm³/mol. The summed E-state index contributed by atoms with van der Waals surface area (Å²) < 4.78 is 14.2. The summed E-state index contributed by atoms with van der Waals surface area (Å²) >= 11 is 5.10. The van der Waals surface area contributed by atoms with Gasteiger partial charge in [-0.05, 0) is 42.0 Å². The average Bonchev–Trinajstić information content (AvgIpc) is 3.14. The molecule has 3 rings (SSSR count). The van der Waals surface area contributed by atoms with E-state index >= 15 is 0 Å². The maximum absolute atomic E-state index is 14.2. The molecule has 0 N–H and O–H groups in total. The molecule has 4 heteroatoms. The molecule has 0 atom stereocenters. The van der Waals surface area contributed by atoms with Crippen molar-refractivity contribution in [3.63, 3.8) is 0 Å². The van der Waals surface area contributed by atoms with Gasteiger partial charge in [-0.25, -0.2) is 4.39 Å². The normalized spacial score (nSPS) is 14.6. The maximum atomic E-state index is 14.2. The molecule has 0 amide bonds. The first-order valence-electron chi connectivity index (χ1n) is 6.41. The van der Waals surface area contributed by atoms with Crippen molar-refractivity contribution in [2.75, 3.05) is 4.90 Å². The summed E-state index contributed by atoms with van der Waals surface area (Å²) in [6, 6.07) is 10.2. The minimum Gasteiger partial charge on any atom is -0.361 e. The van der Waals surface area contributed by atoms with Crippen LogP contribution in [0.5, 0.6) is 0 Å². The molecule has 1 saturated carbocycles. The summed E-state index contributed by atoms with van der Waals surface area (Å²) in [4.78, 5) is 3.50. The number of hydrogen-bond donors (Lipinski definition) is 0. The second kappa shape index (κ2) is 5.63. The molecule has 1 aliphatic carbocycles. The van der Waals surface area contributed by atoms with Gasteiger partial charge in [0.05, 0.1) is 12.2 Å². The highest BCUT2D eigenvalue weighted by Crippen LogP contribution is 2.35. The van der Waals surface area contributed by atoms with Gasteiger partial charge < -0.3 is 4.90 Å². The fourth-order valence-corrected chi connectivity index (χ4v) is 3.29. The van der Waals surface area contributed by atoms with Crippen molar-refractivity contribution in [1.82, 2.24) is 0 Å². The molecule has 100 valence electrons. The lowest BCUT2D eigenvalue weighted by atomic mass is 10.2. The number of benzene rings is 1. The van der Waals surface area contributed by atoms with Crippen molar-refractivity contribution in [2.24, 2.45) is 0 Å². The minimum atomic E-state index is -0.111. The summed E-state index contributed by atoms with van der Waals surface area (Å²) in [5.41, 5.74) is 1.72. The lowest BCUT2D eigenvalue weighted by Crippen LogP contribution is -2.25. The van der Waals surface area contributed by atoms with Gasteiger partial charge >= 0.3 is 0 Å². The molecule has 1 nitrogen and oxygen atoms in total. The van der Waals surface area contributed by atoms with Gasteiger partial charge in [-0.2, -0.15) is 0 Å². The predicted octanol–water partition coefficient (Wildman–Crippen LogP) is 4.95. The summed E-state index contributed by atoms with van der Waals surface area (Å²) in [6.45, 7) is 0.812. The van der Waals surface area contributed by atoms with Gasteiger partial charge in [-0.15, -0.1) is 11.3 Å². The Labute approximate surface area is 125 Å². The minimum absolute atomic E-state index is 0.111. The van der Waals surface area contributed by atoms with Crippen molar-refractivity contribution in [3.8, 4) is 0 Å². The fraction of sp³-hybridized carbons (Fsp3) is 0.333. The summed E-state index contributed by atoms with van der Waals surface area (Å²) in [5, 5.41) is 2.77. The van der Waals surface area contributed by atoms with Gasteiger partial charge in [0.2, 0.25) is 0 Å². The third-order valence-electron chi connectivity index (χ3n) is 3.37. The fourth-order valence-electron chi connectivity index (χ4n) is 2.23. The quantitative estimate of drug-likeness (QED) is 0.696. The van der Waals surface area contributed by atoms with Crippen LogP contribution < -0.4 is 4.90 Å². The van der Waals surface area contributed by atoms with Crippen molar-refractivity contribution >= 4 is 33.0 Å². The molecule has 0 bridgehead atoms. The molecule has 0 spiro atoms. The van der Waals surface area contributed by atoms with Gasteiger partial charge in [-0.1, -0.05) is 28.1 Å². The number of anilines is 1. The van der Waals surface area contributed by atoms with E-state index in [-0.39, 0.29) is 5.82 Å². The Morgan fingerprint density at radius 1 is 1.32 bits per heavy atom. The van der Waals surface area contributed by atoms with E-state index in [0.717, 1.165) is 17.8 Å². The molecule has 0 radical (unpaired) electrons. The highest BCUT2D eigenvalue weighted by molar-refractivity contribution is 9.08. The van der Waals surface area contributed by atoms with E-state index in [2.05, 4.69) is 38.3 Å². The smallest absolute Gasteiger partial charge is 0.146 e. The molecule has 2 aromatic rings. The first-order chi connectivity index (χ1) is 9.28. The van der Waals surface area contributed by atoms with Crippen LogP contribution in [0.1, 0.15) is 23.3 Å². The first-order valence-corrected chi connectivity index (χ1v) is 8.41. The SMILES string of the molecule is Fc1cc(CBr)ccc1N(Cc1cccs1)C1CC1. The van der Waals surface area contributed by atoms with Crippen LogP contribution in [0.2, 0.25) is 0 Å². The van der Waals surface area contributed by atoms with Gasteiger partial charge in [0, 0.05) is 16.2 Å². The van der Waals surface area contributed by atoms with Gasteiger partial charge in [-0.3, -0.25) is 0 Å². The number of rotatable bonds is 5. The Kier molecular flexibility index (Phi) is 3.89. The summed E-state index contributed by atoms with van der Waals surface area (Å²) in [6.07, 6.45) is 2.34. The molecule has 0 saturated heterocycles. The molecule has 19 heavy (non-hydrogen) atoms. The van der Waals surface area contributed by atoms with Gasteiger partial charge in [0.1, 0.15) is 5.82 Å². The second-order valence-corrected chi connectivity index (χ2v) is 6.45. The molecule has 0 aliphatic heterocycles. The van der Waals surface area contributed by atoms with Crippen molar-refractivity contribution in [3.05, 3.63) is 52.0 Å². The highest BCUT2D eigenvalue weighted by Gasteiger charge is 2.30. The van der Waals surface area contributed by atoms with E-state index in [0.29, 0.717) is 11.4 Å². The Morgan fingerprint density at radius 3 is 2.74 bits per heavy atom. The number of thiophene rings is 1. The summed E-state index contributed by atoms with van der Waals surface area (Å²) in [5.74, 6) is -0.111. The van der Waals surface area contributed by atoms with Gasteiger partial charge in [0.25, 0.3) is 0 Å². The number of nitrogens with zero attached hydrogens (tertiary/aromatic N) is 1. The zero-order valence-electron chi connectivity index (χ0n) is 10.5.